The van der Waals surface area contributed by atoms with Gasteiger partial charge < -0.3 is 14.2 Å². The van der Waals surface area contributed by atoms with Gasteiger partial charge in [0.05, 0.1) is 19.9 Å². The summed E-state index contributed by atoms with van der Waals surface area (Å²) in [5.74, 6) is 1.65. The number of carbonyl (C=O) groups is 1. The summed E-state index contributed by atoms with van der Waals surface area (Å²) < 4.78 is 16.2. The molecule has 0 radical (unpaired) electrons. The number of benzene rings is 2. The highest BCUT2D eigenvalue weighted by molar-refractivity contribution is 7.14. The Morgan fingerprint density at radius 3 is 2.68 bits per heavy atom. The predicted molar refractivity (Wildman–Crippen MR) is 111 cm³/mol. The molecule has 0 aliphatic rings. The van der Waals surface area contributed by atoms with Crippen LogP contribution in [0.25, 0.3) is 11.3 Å². The van der Waals surface area contributed by atoms with Crippen LogP contribution in [-0.2, 0) is 4.79 Å². The van der Waals surface area contributed by atoms with Gasteiger partial charge in [0.1, 0.15) is 17.2 Å². The van der Waals surface area contributed by atoms with E-state index in [1.54, 1.807) is 38.5 Å². The Morgan fingerprint density at radius 2 is 1.96 bits per heavy atom. The number of hydrogen-bond donors (Lipinski definition) is 1. The van der Waals surface area contributed by atoms with Crippen LogP contribution in [0.1, 0.15) is 5.56 Å². The van der Waals surface area contributed by atoms with E-state index in [9.17, 15) is 4.79 Å². The second-order valence-corrected chi connectivity index (χ2v) is 7.15. The number of hydrogen-bond acceptors (Lipinski definition) is 6. The summed E-state index contributed by atoms with van der Waals surface area (Å²) in [4.78, 5) is 16.6. The van der Waals surface area contributed by atoms with Crippen molar-refractivity contribution in [2.24, 2.45) is 0 Å². The summed E-state index contributed by atoms with van der Waals surface area (Å²) in [7, 11) is 3.18. The second-order valence-electron chi connectivity index (χ2n) is 5.85. The number of nitrogens with one attached hydrogen (secondary N) is 1. The van der Waals surface area contributed by atoms with Crippen LogP contribution in [0.4, 0.5) is 5.13 Å². The number of anilines is 1. The van der Waals surface area contributed by atoms with Gasteiger partial charge in [0.2, 0.25) is 0 Å². The van der Waals surface area contributed by atoms with E-state index in [0.717, 1.165) is 11.1 Å². The van der Waals surface area contributed by atoms with Gasteiger partial charge in [-0.15, -0.1) is 11.3 Å². The smallest absolute Gasteiger partial charge is 0.264 e. The van der Waals surface area contributed by atoms with Gasteiger partial charge in [-0.1, -0.05) is 11.6 Å². The molecule has 0 unspecified atom stereocenters. The second kappa shape index (κ2) is 8.95. The van der Waals surface area contributed by atoms with Crippen molar-refractivity contribution in [1.29, 1.82) is 0 Å². The van der Waals surface area contributed by atoms with Crippen molar-refractivity contribution in [1.82, 2.24) is 4.98 Å². The van der Waals surface area contributed by atoms with E-state index >= 15 is 0 Å². The first-order chi connectivity index (χ1) is 13.5. The molecule has 0 bridgehead atoms. The van der Waals surface area contributed by atoms with Crippen LogP contribution < -0.4 is 19.5 Å². The van der Waals surface area contributed by atoms with Gasteiger partial charge in [-0.2, -0.15) is 0 Å². The zero-order chi connectivity index (χ0) is 20.1. The Morgan fingerprint density at radius 1 is 1.14 bits per heavy atom. The van der Waals surface area contributed by atoms with Gasteiger partial charge in [-0.05, 0) is 42.8 Å². The van der Waals surface area contributed by atoms with Crippen molar-refractivity contribution in [3.63, 3.8) is 0 Å². The summed E-state index contributed by atoms with van der Waals surface area (Å²) in [6.45, 7) is 1.75. The fraction of sp³-hybridized carbons (Fsp3) is 0.200. The Hall–Kier alpha value is -2.77. The molecule has 28 heavy (non-hydrogen) atoms. The van der Waals surface area contributed by atoms with Gasteiger partial charge in [0.25, 0.3) is 5.91 Å². The van der Waals surface area contributed by atoms with E-state index < -0.39 is 0 Å². The number of halogens is 1. The minimum Gasteiger partial charge on any atom is -0.497 e. The molecule has 146 valence electrons. The molecule has 3 aromatic rings. The molecule has 0 atom stereocenters. The van der Waals surface area contributed by atoms with Gasteiger partial charge in [-0.3, -0.25) is 10.1 Å². The predicted octanol–water partition coefficient (Wildman–Crippen LogP) is 4.81. The summed E-state index contributed by atoms with van der Waals surface area (Å²) in [6.07, 6.45) is 0. The Bertz CT molecular complexity index is 990. The first-order valence-corrected chi connectivity index (χ1v) is 9.62. The maximum atomic E-state index is 12.2. The van der Waals surface area contributed by atoms with Gasteiger partial charge in [0.15, 0.2) is 11.7 Å². The van der Waals surface area contributed by atoms with Crippen LogP contribution in [0, 0.1) is 6.92 Å². The molecule has 0 saturated heterocycles. The summed E-state index contributed by atoms with van der Waals surface area (Å²) in [6, 6.07) is 10.7. The lowest BCUT2D eigenvalue weighted by atomic mass is 10.1. The number of aryl methyl sites for hydroxylation is 1. The highest BCUT2D eigenvalue weighted by atomic mass is 35.5. The summed E-state index contributed by atoms with van der Waals surface area (Å²) in [5.41, 5.74) is 2.38. The highest BCUT2D eigenvalue weighted by Crippen LogP contribution is 2.34. The summed E-state index contributed by atoms with van der Waals surface area (Å²) in [5, 5.41) is 5.70. The lowest BCUT2D eigenvalue weighted by Gasteiger charge is -2.09. The van der Waals surface area contributed by atoms with Crippen LogP contribution in [0.15, 0.2) is 41.8 Å². The van der Waals surface area contributed by atoms with Gasteiger partial charge in [-0.25, -0.2) is 4.98 Å². The number of thiazole rings is 1. The third-order valence-corrected chi connectivity index (χ3v) is 4.92. The van der Waals surface area contributed by atoms with E-state index in [1.807, 2.05) is 24.4 Å². The van der Waals surface area contributed by atoms with Crippen LogP contribution in [0.2, 0.25) is 5.02 Å². The van der Waals surface area contributed by atoms with Gasteiger partial charge >= 0.3 is 0 Å². The average Bonchev–Trinajstić information content (AvgIpc) is 3.14. The molecule has 1 amide bonds. The van der Waals surface area contributed by atoms with Crippen molar-refractivity contribution in [3.8, 4) is 28.5 Å². The molecule has 3 rings (SSSR count). The standard InChI is InChI=1S/C20H19ClN2O4S/c1-12-8-13(21)4-7-17(12)27-10-19(24)23-20-22-16(11-28-20)15-6-5-14(25-2)9-18(15)26-3/h4-9,11H,10H2,1-3H3,(H,22,23,24). The number of aromatic nitrogens is 1. The SMILES string of the molecule is COc1ccc(-c2csc(NC(=O)COc3ccc(Cl)cc3C)n2)c(OC)c1. The maximum absolute atomic E-state index is 12.2. The van der Waals surface area contributed by atoms with E-state index in [4.69, 9.17) is 25.8 Å². The molecule has 1 N–H and O–H groups in total. The molecule has 6 nitrogen and oxygen atoms in total. The first kappa shape index (κ1) is 20.0. The lowest BCUT2D eigenvalue weighted by Crippen LogP contribution is -2.20. The van der Waals surface area contributed by atoms with Gasteiger partial charge in [0, 0.05) is 22.0 Å². The topological polar surface area (TPSA) is 69.7 Å². The highest BCUT2D eigenvalue weighted by Gasteiger charge is 2.13. The largest absolute Gasteiger partial charge is 0.497 e. The van der Waals surface area contributed by atoms with E-state index in [0.29, 0.717) is 33.1 Å². The Balaban J connectivity index is 1.65. The third kappa shape index (κ3) is 4.74. The molecular weight excluding hydrogens is 400 g/mol. The zero-order valence-corrected chi connectivity index (χ0v) is 17.2. The van der Waals surface area contributed by atoms with Crippen LogP contribution in [-0.4, -0.2) is 31.7 Å². The number of methoxy groups -OCH3 is 2. The lowest BCUT2D eigenvalue weighted by molar-refractivity contribution is -0.118. The minimum atomic E-state index is -0.294. The Labute approximate surface area is 172 Å². The van der Waals surface area contributed by atoms with Crippen molar-refractivity contribution < 1.29 is 19.0 Å². The Kier molecular flexibility index (Phi) is 6.38. The molecule has 2 aromatic carbocycles. The van der Waals surface area contributed by atoms with Crippen molar-refractivity contribution in [2.45, 2.75) is 6.92 Å². The molecule has 1 heterocycles. The van der Waals surface area contributed by atoms with Crippen molar-refractivity contribution in [2.75, 3.05) is 26.1 Å². The summed E-state index contributed by atoms with van der Waals surface area (Å²) >= 11 is 7.25. The first-order valence-electron chi connectivity index (χ1n) is 8.37. The minimum absolute atomic E-state index is 0.122. The van der Waals surface area contributed by atoms with E-state index in [-0.39, 0.29) is 12.5 Å². The fourth-order valence-corrected chi connectivity index (χ4v) is 3.49. The average molecular weight is 419 g/mol. The number of amides is 1. The van der Waals surface area contributed by atoms with Crippen LogP contribution in [0.5, 0.6) is 17.2 Å². The molecule has 0 saturated carbocycles. The molecule has 8 heteroatoms. The molecule has 0 spiro atoms. The number of ether oxygens (including phenoxy) is 3. The molecule has 1 aromatic heterocycles. The van der Waals surface area contributed by atoms with E-state index in [2.05, 4.69) is 10.3 Å². The number of carbonyl (C=O) groups excluding carboxylic acids is 1. The molecule has 0 aliphatic carbocycles. The van der Waals surface area contributed by atoms with E-state index in [1.165, 1.54) is 11.3 Å². The van der Waals surface area contributed by atoms with Crippen LogP contribution in [0.3, 0.4) is 0 Å². The zero-order valence-electron chi connectivity index (χ0n) is 15.6. The number of rotatable bonds is 7. The molecular formula is C20H19ClN2O4S. The van der Waals surface area contributed by atoms with Crippen LogP contribution >= 0.6 is 22.9 Å². The molecule has 0 aliphatic heterocycles. The molecule has 0 fully saturated rings. The van der Waals surface area contributed by atoms with Crippen molar-refractivity contribution >= 4 is 34.0 Å². The third-order valence-electron chi connectivity index (χ3n) is 3.93. The van der Waals surface area contributed by atoms with Crippen molar-refractivity contribution in [3.05, 3.63) is 52.4 Å². The monoisotopic (exact) mass is 418 g/mol. The maximum Gasteiger partial charge on any atom is 0.264 e. The fourth-order valence-electron chi connectivity index (χ4n) is 2.54. The number of nitrogens with zero attached hydrogens (tertiary/aromatic N) is 1. The normalized spacial score (nSPS) is 10.4. The quantitative estimate of drug-likeness (QED) is 0.596.